The van der Waals surface area contributed by atoms with Gasteiger partial charge in [-0.05, 0) is 47.5 Å². The Balaban J connectivity index is 0.00000182. The fourth-order valence-corrected chi connectivity index (χ4v) is 2.45. The summed E-state index contributed by atoms with van der Waals surface area (Å²) < 4.78 is 0. The first-order valence-electron chi connectivity index (χ1n) is 8.00. The SMILES string of the molecule is Cl.Cl.O=C(Nc1ccc(-c2ccncc2)cc1)[C@@H](CO)Nc1ccccc1. The maximum absolute atomic E-state index is 12.4. The van der Waals surface area contributed by atoms with Crippen LogP contribution in [0.2, 0.25) is 0 Å². The second-order valence-electron chi connectivity index (χ2n) is 5.55. The molecule has 27 heavy (non-hydrogen) atoms. The van der Waals surface area contributed by atoms with Crippen LogP contribution in [0.1, 0.15) is 0 Å². The van der Waals surface area contributed by atoms with Gasteiger partial charge in [0.1, 0.15) is 6.04 Å². The molecule has 3 N–H and O–H groups in total. The Kier molecular flexibility index (Phi) is 9.30. The minimum absolute atomic E-state index is 0. The molecule has 1 aromatic heterocycles. The normalized spacial score (nSPS) is 10.7. The van der Waals surface area contributed by atoms with Crippen molar-refractivity contribution in [2.24, 2.45) is 0 Å². The zero-order valence-corrected chi connectivity index (χ0v) is 16.0. The molecule has 0 fully saturated rings. The number of anilines is 2. The Hall–Kier alpha value is -2.60. The lowest BCUT2D eigenvalue weighted by atomic mass is 10.1. The van der Waals surface area contributed by atoms with E-state index in [1.165, 1.54) is 0 Å². The van der Waals surface area contributed by atoms with E-state index in [0.29, 0.717) is 5.69 Å². The summed E-state index contributed by atoms with van der Waals surface area (Å²) in [6.45, 7) is -0.296. The lowest BCUT2D eigenvalue weighted by molar-refractivity contribution is -0.117. The molecule has 2 aromatic carbocycles. The maximum Gasteiger partial charge on any atom is 0.249 e. The molecule has 0 unspecified atom stereocenters. The topological polar surface area (TPSA) is 74.2 Å². The third-order valence-electron chi connectivity index (χ3n) is 3.78. The van der Waals surface area contributed by atoms with Crippen LogP contribution in [0.4, 0.5) is 11.4 Å². The van der Waals surface area contributed by atoms with E-state index in [0.717, 1.165) is 16.8 Å². The van der Waals surface area contributed by atoms with Crippen LogP contribution in [0.5, 0.6) is 0 Å². The van der Waals surface area contributed by atoms with Crippen molar-refractivity contribution in [1.29, 1.82) is 0 Å². The molecular weight excluding hydrogens is 385 g/mol. The van der Waals surface area contributed by atoms with E-state index >= 15 is 0 Å². The number of nitrogens with zero attached hydrogens (tertiary/aromatic N) is 1. The summed E-state index contributed by atoms with van der Waals surface area (Å²) in [5.41, 5.74) is 3.56. The summed E-state index contributed by atoms with van der Waals surface area (Å²) in [7, 11) is 0. The van der Waals surface area contributed by atoms with Crippen molar-refractivity contribution >= 4 is 42.1 Å². The average molecular weight is 406 g/mol. The van der Waals surface area contributed by atoms with Crippen LogP contribution < -0.4 is 10.6 Å². The largest absolute Gasteiger partial charge is 0.394 e. The van der Waals surface area contributed by atoms with Gasteiger partial charge in [0, 0.05) is 23.8 Å². The standard InChI is InChI=1S/C20H19N3O2.2ClH/c24-14-19(22-17-4-2-1-3-5-17)20(25)23-18-8-6-15(7-9-18)16-10-12-21-13-11-16;;/h1-13,19,22,24H,14H2,(H,23,25);2*1H/t19-;;/m1../s1. The Morgan fingerprint density at radius 3 is 2.04 bits per heavy atom. The second-order valence-corrected chi connectivity index (χ2v) is 5.55. The van der Waals surface area contributed by atoms with Gasteiger partial charge in [0.25, 0.3) is 0 Å². The smallest absolute Gasteiger partial charge is 0.249 e. The van der Waals surface area contributed by atoms with Gasteiger partial charge in [-0.15, -0.1) is 24.8 Å². The number of amides is 1. The van der Waals surface area contributed by atoms with Crippen LogP contribution in [0.15, 0.2) is 79.1 Å². The molecule has 1 atom stereocenters. The minimum atomic E-state index is -0.720. The van der Waals surface area contributed by atoms with E-state index in [-0.39, 0.29) is 37.3 Å². The predicted molar refractivity (Wildman–Crippen MR) is 114 cm³/mol. The first-order chi connectivity index (χ1) is 12.3. The monoisotopic (exact) mass is 405 g/mol. The van der Waals surface area contributed by atoms with Crippen molar-refractivity contribution in [3.8, 4) is 11.1 Å². The number of hydrogen-bond donors (Lipinski definition) is 3. The number of carbonyl (C=O) groups excluding carboxylic acids is 1. The summed E-state index contributed by atoms with van der Waals surface area (Å²) in [4.78, 5) is 16.4. The number of aliphatic hydroxyl groups is 1. The molecule has 3 aromatic rings. The van der Waals surface area contributed by atoms with E-state index in [1.807, 2.05) is 66.7 Å². The van der Waals surface area contributed by atoms with Crippen LogP contribution in [-0.4, -0.2) is 28.6 Å². The molecule has 0 aliphatic rings. The third-order valence-corrected chi connectivity index (χ3v) is 3.78. The molecule has 142 valence electrons. The van der Waals surface area contributed by atoms with Crippen molar-refractivity contribution in [3.63, 3.8) is 0 Å². The highest BCUT2D eigenvalue weighted by molar-refractivity contribution is 5.96. The van der Waals surface area contributed by atoms with Crippen molar-refractivity contribution in [2.75, 3.05) is 17.2 Å². The van der Waals surface area contributed by atoms with Crippen LogP contribution in [0.3, 0.4) is 0 Å². The first-order valence-corrected chi connectivity index (χ1v) is 8.00. The zero-order valence-electron chi connectivity index (χ0n) is 14.4. The summed E-state index contributed by atoms with van der Waals surface area (Å²) >= 11 is 0. The van der Waals surface area contributed by atoms with Crippen LogP contribution in [-0.2, 0) is 4.79 Å². The molecule has 1 heterocycles. The first kappa shape index (κ1) is 22.4. The average Bonchev–Trinajstić information content (AvgIpc) is 2.68. The van der Waals surface area contributed by atoms with E-state index in [4.69, 9.17) is 0 Å². The van der Waals surface area contributed by atoms with Crippen molar-refractivity contribution in [2.45, 2.75) is 6.04 Å². The Bertz CT molecular complexity index is 816. The van der Waals surface area contributed by atoms with Crippen molar-refractivity contribution in [3.05, 3.63) is 79.1 Å². The number of aliphatic hydroxyl groups excluding tert-OH is 1. The molecule has 0 saturated carbocycles. The molecular formula is C20H21Cl2N3O2. The van der Waals surface area contributed by atoms with Gasteiger partial charge in [0.2, 0.25) is 5.91 Å². The third kappa shape index (κ3) is 6.25. The van der Waals surface area contributed by atoms with Gasteiger partial charge in [0.05, 0.1) is 6.61 Å². The number of benzene rings is 2. The predicted octanol–water partition coefficient (Wildman–Crippen LogP) is 4.00. The van der Waals surface area contributed by atoms with Crippen LogP contribution in [0, 0.1) is 0 Å². The van der Waals surface area contributed by atoms with E-state index < -0.39 is 6.04 Å². The Labute approximate surface area is 170 Å². The molecule has 0 radical (unpaired) electrons. The number of para-hydroxylation sites is 1. The van der Waals surface area contributed by atoms with E-state index in [9.17, 15) is 9.90 Å². The molecule has 1 amide bonds. The van der Waals surface area contributed by atoms with E-state index in [2.05, 4.69) is 15.6 Å². The molecule has 0 aliphatic heterocycles. The van der Waals surface area contributed by atoms with Gasteiger partial charge >= 0.3 is 0 Å². The molecule has 0 saturated heterocycles. The van der Waals surface area contributed by atoms with E-state index in [1.54, 1.807) is 12.4 Å². The van der Waals surface area contributed by atoms with Crippen molar-refractivity contribution < 1.29 is 9.90 Å². The minimum Gasteiger partial charge on any atom is -0.394 e. The fraction of sp³-hybridized carbons (Fsp3) is 0.100. The number of hydrogen-bond acceptors (Lipinski definition) is 4. The van der Waals surface area contributed by atoms with Gasteiger partial charge in [-0.2, -0.15) is 0 Å². The van der Waals surface area contributed by atoms with Crippen LogP contribution >= 0.6 is 24.8 Å². The molecule has 0 aliphatic carbocycles. The number of rotatable bonds is 6. The summed E-state index contributed by atoms with van der Waals surface area (Å²) in [6.07, 6.45) is 3.48. The number of aromatic nitrogens is 1. The Morgan fingerprint density at radius 2 is 1.44 bits per heavy atom. The summed E-state index contributed by atoms with van der Waals surface area (Å²) in [5.74, 6) is -0.289. The number of halogens is 2. The quantitative estimate of drug-likeness (QED) is 0.579. The molecule has 7 heteroatoms. The van der Waals surface area contributed by atoms with Gasteiger partial charge < -0.3 is 15.7 Å². The lowest BCUT2D eigenvalue weighted by Crippen LogP contribution is -2.37. The van der Waals surface area contributed by atoms with Gasteiger partial charge in [-0.25, -0.2) is 0 Å². The highest BCUT2D eigenvalue weighted by Gasteiger charge is 2.17. The second kappa shape index (κ2) is 11.2. The lowest BCUT2D eigenvalue weighted by Gasteiger charge is -2.17. The summed E-state index contributed by atoms with van der Waals surface area (Å²) in [5, 5.41) is 15.3. The van der Waals surface area contributed by atoms with Crippen molar-refractivity contribution in [1.82, 2.24) is 4.98 Å². The Morgan fingerprint density at radius 1 is 0.852 bits per heavy atom. The number of nitrogens with one attached hydrogen (secondary N) is 2. The maximum atomic E-state index is 12.4. The molecule has 3 rings (SSSR count). The number of carbonyl (C=O) groups is 1. The highest BCUT2D eigenvalue weighted by Crippen LogP contribution is 2.20. The highest BCUT2D eigenvalue weighted by atomic mass is 35.5. The number of pyridine rings is 1. The molecule has 5 nitrogen and oxygen atoms in total. The fourth-order valence-electron chi connectivity index (χ4n) is 2.45. The van der Waals surface area contributed by atoms with Gasteiger partial charge in [0.15, 0.2) is 0 Å². The van der Waals surface area contributed by atoms with Gasteiger partial charge in [-0.3, -0.25) is 9.78 Å². The van der Waals surface area contributed by atoms with Crippen LogP contribution in [0.25, 0.3) is 11.1 Å². The molecule has 0 bridgehead atoms. The zero-order chi connectivity index (χ0) is 17.5. The molecule has 0 spiro atoms. The van der Waals surface area contributed by atoms with Gasteiger partial charge in [-0.1, -0.05) is 30.3 Å². The summed E-state index contributed by atoms with van der Waals surface area (Å²) in [6, 6.07) is 20.0.